The molecule has 0 spiro atoms. The van der Waals surface area contributed by atoms with E-state index in [1.54, 1.807) is 23.0 Å². The average molecular weight is 323 g/mol. The third kappa shape index (κ3) is 2.41. The van der Waals surface area contributed by atoms with Gasteiger partial charge in [-0.2, -0.15) is 10.2 Å². The predicted molar refractivity (Wildman–Crippen MR) is 89.9 cm³/mol. The first kappa shape index (κ1) is 13.7. The molecule has 0 fully saturated rings. The van der Waals surface area contributed by atoms with E-state index in [0.29, 0.717) is 21.6 Å². The Kier molecular flexibility index (Phi) is 3.20. The van der Waals surface area contributed by atoms with Crippen LogP contribution in [0, 0.1) is 0 Å². The van der Waals surface area contributed by atoms with E-state index >= 15 is 0 Å². The maximum Gasteiger partial charge on any atom is 0.292 e. The maximum absolute atomic E-state index is 12.1. The van der Waals surface area contributed by atoms with Crippen molar-refractivity contribution in [2.24, 2.45) is 0 Å². The Morgan fingerprint density at radius 3 is 2.65 bits per heavy atom. The molecule has 0 aliphatic heterocycles. The molecule has 2 heterocycles. The molecule has 0 aliphatic carbocycles. The van der Waals surface area contributed by atoms with Crippen LogP contribution in [0.5, 0.6) is 0 Å². The van der Waals surface area contributed by atoms with Gasteiger partial charge in [0.05, 0.1) is 11.1 Å². The molecule has 0 unspecified atom stereocenters. The second kappa shape index (κ2) is 5.37. The number of H-pyrrole nitrogens is 1. The topological polar surface area (TPSA) is 63.6 Å². The molecule has 2 aromatic heterocycles. The molecule has 0 atom stereocenters. The quantitative estimate of drug-likeness (QED) is 0.615. The highest BCUT2D eigenvalue weighted by atomic mass is 35.5. The van der Waals surface area contributed by atoms with Crippen LogP contribution in [0.2, 0.25) is 5.02 Å². The Hall–Kier alpha value is -2.92. The number of nitrogens with one attached hydrogen (secondary N) is 1. The molecule has 6 heteroatoms. The normalized spacial score (nSPS) is 11.0. The molecular weight excluding hydrogens is 312 g/mol. The smallest absolute Gasteiger partial charge is 0.265 e. The minimum Gasteiger partial charge on any atom is -0.265 e. The number of rotatable bonds is 2. The molecule has 0 saturated carbocycles. The molecule has 0 radical (unpaired) electrons. The summed E-state index contributed by atoms with van der Waals surface area (Å²) in [6, 6.07) is 17.0. The van der Waals surface area contributed by atoms with Gasteiger partial charge in [0.2, 0.25) is 0 Å². The van der Waals surface area contributed by atoms with Crippen molar-refractivity contribution in [1.29, 1.82) is 0 Å². The zero-order valence-corrected chi connectivity index (χ0v) is 12.7. The van der Waals surface area contributed by atoms with Crippen LogP contribution in [0.3, 0.4) is 0 Å². The zero-order valence-electron chi connectivity index (χ0n) is 11.9. The third-order valence-electron chi connectivity index (χ3n) is 3.57. The summed E-state index contributed by atoms with van der Waals surface area (Å²) in [6.07, 6.45) is 1.80. The van der Waals surface area contributed by atoms with Gasteiger partial charge in [-0.05, 0) is 18.2 Å². The van der Waals surface area contributed by atoms with Gasteiger partial charge in [-0.3, -0.25) is 4.79 Å². The molecule has 2 aromatic carbocycles. The summed E-state index contributed by atoms with van der Waals surface area (Å²) in [5, 5.41) is 12.4. The predicted octanol–water partition coefficient (Wildman–Crippen LogP) is 3.43. The van der Waals surface area contributed by atoms with Crippen molar-refractivity contribution in [3.63, 3.8) is 0 Å². The highest BCUT2D eigenvalue weighted by Crippen LogP contribution is 2.24. The van der Waals surface area contributed by atoms with Crippen LogP contribution >= 0.6 is 11.6 Å². The van der Waals surface area contributed by atoms with Crippen LogP contribution in [0.4, 0.5) is 0 Å². The standard InChI is InChI=1S/C17H11ClN4O/c18-12-7-4-8-13(9-12)22-10-14-15(11-5-2-1-3-6-11)19-20-17(23)16(14)21-22/h1-10H,(H,20,23). The van der Waals surface area contributed by atoms with Crippen molar-refractivity contribution in [2.75, 3.05) is 0 Å². The van der Waals surface area contributed by atoms with Crippen LogP contribution in [-0.4, -0.2) is 20.0 Å². The number of halogens is 1. The first-order chi connectivity index (χ1) is 11.2. The van der Waals surface area contributed by atoms with Gasteiger partial charge in [0.1, 0.15) is 5.69 Å². The van der Waals surface area contributed by atoms with E-state index in [0.717, 1.165) is 11.3 Å². The lowest BCUT2D eigenvalue weighted by Gasteiger charge is -2.01. The van der Waals surface area contributed by atoms with Crippen molar-refractivity contribution < 1.29 is 0 Å². The van der Waals surface area contributed by atoms with Gasteiger partial charge in [-0.1, -0.05) is 48.0 Å². The Morgan fingerprint density at radius 2 is 1.87 bits per heavy atom. The first-order valence-corrected chi connectivity index (χ1v) is 7.39. The van der Waals surface area contributed by atoms with Gasteiger partial charge in [0, 0.05) is 16.8 Å². The molecule has 4 aromatic rings. The summed E-state index contributed by atoms with van der Waals surface area (Å²) in [5.74, 6) is 0. The summed E-state index contributed by atoms with van der Waals surface area (Å²) in [6.45, 7) is 0. The molecule has 5 nitrogen and oxygen atoms in total. The number of nitrogens with zero attached hydrogens (tertiary/aromatic N) is 3. The Morgan fingerprint density at radius 1 is 1.04 bits per heavy atom. The van der Waals surface area contributed by atoms with Crippen LogP contribution < -0.4 is 5.56 Å². The Balaban J connectivity index is 1.98. The molecule has 0 amide bonds. The minimum absolute atomic E-state index is 0.319. The lowest BCUT2D eigenvalue weighted by Crippen LogP contribution is -2.09. The third-order valence-corrected chi connectivity index (χ3v) is 3.81. The van der Waals surface area contributed by atoms with Crippen LogP contribution in [0.25, 0.3) is 27.8 Å². The van der Waals surface area contributed by atoms with E-state index in [9.17, 15) is 4.79 Å². The molecule has 112 valence electrons. The molecule has 1 N–H and O–H groups in total. The van der Waals surface area contributed by atoms with Crippen molar-refractivity contribution >= 4 is 22.5 Å². The van der Waals surface area contributed by atoms with Crippen molar-refractivity contribution in [2.45, 2.75) is 0 Å². The van der Waals surface area contributed by atoms with Crippen molar-refractivity contribution in [1.82, 2.24) is 20.0 Å². The van der Waals surface area contributed by atoms with Gasteiger partial charge in [-0.25, -0.2) is 9.78 Å². The molecule has 0 saturated heterocycles. The number of benzene rings is 2. The second-order valence-corrected chi connectivity index (χ2v) is 5.52. The van der Waals surface area contributed by atoms with E-state index in [1.165, 1.54) is 0 Å². The highest BCUT2D eigenvalue weighted by molar-refractivity contribution is 6.30. The summed E-state index contributed by atoms with van der Waals surface area (Å²) in [4.78, 5) is 12.1. The second-order valence-electron chi connectivity index (χ2n) is 5.08. The van der Waals surface area contributed by atoms with E-state index in [1.807, 2.05) is 42.5 Å². The summed E-state index contributed by atoms with van der Waals surface area (Å²) in [5.41, 5.74) is 2.42. The lowest BCUT2D eigenvalue weighted by atomic mass is 10.1. The Bertz CT molecular complexity index is 1050. The molecule has 23 heavy (non-hydrogen) atoms. The van der Waals surface area contributed by atoms with Crippen LogP contribution in [0.1, 0.15) is 0 Å². The zero-order chi connectivity index (χ0) is 15.8. The minimum atomic E-state index is -0.319. The molecule has 4 rings (SSSR count). The number of hydrogen-bond acceptors (Lipinski definition) is 3. The average Bonchev–Trinajstić information content (AvgIpc) is 3.02. The Labute approximate surface area is 136 Å². The van der Waals surface area contributed by atoms with Crippen molar-refractivity contribution in [3.8, 4) is 16.9 Å². The fourth-order valence-corrected chi connectivity index (χ4v) is 2.69. The number of aromatic nitrogens is 4. The van der Waals surface area contributed by atoms with E-state index in [2.05, 4.69) is 15.3 Å². The van der Waals surface area contributed by atoms with Crippen LogP contribution in [-0.2, 0) is 0 Å². The van der Waals surface area contributed by atoms with E-state index in [4.69, 9.17) is 11.6 Å². The summed E-state index contributed by atoms with van der Waals surface area (Å²) < 4.78 is 1.64. The van der Waals surface area contributed by atoms with Gasteiger partial charge in [0.25, 0.3) is 5.56 Å². The monoisotopic (exact) mass is 322 g/mol. The maximum atomic E-state index is 12.1. The summed E-state index contributed by atoms with van der Waals surface area (Å²) >= 11 is 6.03. The van der Waals surface area contributed by atoms with Gasteiger partial charge >= 0.3 is 0 Å². The number of hydrogen-bond donors (Lipinski definition) is 1. The fourth-order valence-electron chi connectivity index (χ4n) is 2.50. The van der Waals surface area contributed by atoms with Crippen LogP contribution in [0.15, 0.2) is 65.6 Å². The molecule has 0 bridgehead atoms. The highest BCUT2D eigenvalue weighted by Gasteiger charge is 2.13. The van der Waals surface area contributed by atoms with Gasteiger partial charge in [-0.15, -0.1) is 0 Å². The molecule has 0 aliphatic rings. The van der Waals surface area contributed by atoms with Gasteiger partial charge < -0.3 is 0 Å². The van der Waals surface area contributed by atoms with E-state index < -0.39 is 0 Å². The van der Waals surface area contributed by atoms with Gasteiger partial charge in [0.15, 0.2) is 5.52 Å². The largest absolute Gasteiger partial charge is 0.292 e. The number of fused-ring (bicyclic) bond motifs is 1. The van der Waals surface area contributed by atoms with Crippen molar-refractivity contribution in [3.05, 3.63) is 76.2 Å². The lowest BCUT2D eigenvalue weighted by molar-refractivity contribution is 0.891. The first-order valence-electron chi connectivity index (χ1n) is 7.02. The number of aromatic amines is 1. The van der Waals surface area contributed by atoms with E-state index in [-0.39, 0.29) is 5.56 Å². The fraction of sp³-hybridized carbons (Fsp3) is 0. The summed E-state index contributed by atoms with van der Waals surface area (Å²) in [7, 11) is 0. The SMILES string of the molecule is O=c1[nH]nc(-c2ccccc2)c2cn(-c3cccc(Cl)c3)nc12. The molecular formula is C17H11ClN4O.